The van der Waals surface area contributed by atoms with Crippen LogP contribution in [0.2, 0.25) is 0 Å². The van der Waals surface area contributed by atoms with Gasteiger partial charge in [-0.25, -0.2) is 9.67 Å². The molecule has 0 aromatic carbocycles. The maximum Gasteiger partial charge on any atom is 0.165 e. The summed E-state index contributed by atoms with van der Waals surface area (Å²) in [5, 5.41) is 15.0. The molecule has 0 amide bonds. The maximum atomic E-state index is 4.46. The zero-order valence-electron chi connectivity index (χ0n) is 11.0. The van der Waals surface area contributed by atoms with Gasteiger partial charge in [0, 0.05) is 18.5 Å². The van der Waals surface area contributed by atoms with Crippen molar-refractivity contribution < 1.29 is 0 Å². The van der Waals surface area contributed by atoms with Gasteiger partial charge in [0.15, 0.2) is 5.82 Å². The fraction of sp³-hybridized carbons (Fsp3) is 0.636. The Labute approximate surface area is 111 Å². The van der Waals surface area contributed by atoms with Gasteiger partial charge in [-0.2, -0.15) is 0 Å². The van der Waals surface area contributed by atoms with Crippen molar-refractivity contribution in [3.8, 4) is 0 Å². The third kappa shape index (κ3) is 3.33. The number of tetrazole rings is 1. The van der Waals surface area contributed by atoms with Crippen LogP contribution in [0, 0.1) is 6.92 Å². The Morgan fingerprint density at radius 1 is 1.39 bits per heavy atom. The zero-order valence-corrected chi connectivity index (χ0v) is 11.8. The Balaban J connectivity index is 1.94. The summed E-state index contributed by atoms with van der Waals surface area (Å²) in [6.45, 7) is 6.57. The van der Waals surface area contributed by atoms with E-state index in [1.807, 2.05) is 11.6 Å². The van der Waals surface area contributed by atoms with E-state index in [0.29, 0.717) is 0 Å². The average Bonchev–Trinajstić information content (AvgIpc) is 2.90. The first-order valence-electron chi connectivity index (χ1n) is 6.03. The summed E-state index contributed by atoms with van der Waals surface area (Å²) in [5.41, 5.74) is 1.11. The lowest BCUT2D eigenvalue weighted by Gasteiger charge is -2.14. The summed E-state index contributed by atoms with van der Waals surface area (Å²) in [7, 11) is 2.06. The summed E-state index contributed by atoms with van der Waals surface area (Å²) in [5.74, 6) is 0.909. The second-order valence-corrected chi connectivity index (χ2v) is 5.41. The number of nitrogens with zero attached hydrogens (tertiary/aromatic N) is 6. The SMILES string of the molecule is CCCn1nnnc1CN(C)Cc1csc(C)n1. The predicted molar refractivity (Wildman–Crippen MR) is 70.1 cm³/mol. The Kier molecular flexibility index (Phi) is 4.38. The number of aryl methyl sites for hydroxylation is 2. The van der Waals surface area contributed by atoms with Crippen molar-refractivity contribution in [1.29, 1.82) is 0 Å². The Morgan fingerprint density at radius 2 is 2.22 bits per heavy atom. The van der Waals surface area contributed by atoms with Crippen LogP contribution in [-0.4, -0.2) is 37.1 Å². The van der Waals surface area contributed by atoms with E-state index in [2.05, 4.69) is 44.8 Å². The minimum Gasteiger partial charge on any atom is -0.293 e. The fourth-order valence-electron chi connectivity index (χ4n) is 1.78. The van der Waals surface area contributed by atoms with Crippen molar-refractivity contribution in [3.63, 3.8) is 0 Å². The molecule has 6 nitrogen and oxygen atoms in total. The second kappa shape index (κ2) is 6.01. The first-order chi connectivity index (χ1) is 8.69. The topological polar surface area (TPSA) is 59.7 Å². The highest BCUT2D eigenvalue weighted by Crippen LogP contribution is 2.10. The van der Waals surface area contributed by atoms with E-state index in [1.54, 1.807) is 11.3 Å². The molecule has 0 unspecified atom stereocenters. The molecule has 0 saturated carbocycles. The molecule has 98 valence electrons. The molecular formula is C11H18N6S. The van der Waals surface area contributed by atoms with Gasteiger partial charge in [0.1, 0.15) is 0 Å². The molecule has 18 heavy (non-hydrogen) atoms. The molecule has 0 aliphatic carbocycles. The summed E-state index contributed by atoms with van der Waals surface area (Å²) >= 11 is 1.68. The molecule has 2 aromatic rings. The molecule has 7 heteroatoms. The van der Waals surface area contributed by atoms with Crippen molar-refractivity contribution in [3.05, 3.63) is 21.9 Å². The molecule has 0 fully saturated rings. The maximum absolute atomic E-state index is 4.46. The van der Waals surface area contributed by atoms with Gasteiger partial charge in [-0.05, 0) is 30.8 Å². The predicted octanol–water partition coefficient (Wildman–Crippen LogP) is 1.48. The molecule has 0 aliphatic rings. The Bertz CT molecular complexity index is 491. The summed E-state index contributed by atoms with van der Waals surface area (Å²) in [6.07, 6.45) is 1.03. The first-order valence-corrected chi connectivity index (χ1v) is 6.91. The molecule has 2 heterocycles. The van der Waals surface area contributed by atoms with E-state index in [0.717, 1.165) is 42.6 Å². The highest BCUT2D eigenvalue weighted by Gasteiger charge is 2.10. The van der Waals surface area contributed by atoms with E-state index in [9.17, 15) is 0 Å². The van der Waals surface area contributed by atoms with Crippen molar-refractivity contribution >= 4 is 11.3 Å². The van der Waals surface area contributed by atoms with Crippen LogP contribution in [-0.2, 0) is 19.6 Å². The van der Waals surface area contributed by atoms with Crippen molar-refractivity contribution in [2.24, 2.45) is 0 Å². The van der Waals surface area contributed by atoms with E-state index < -0.39 is 0 Å². The number of rotatable bonds is 6. The van der Waals surface area contributed by atoms with Gasteiger partial charge >= 0.3 is 0 Å². The van der Waals surface area contributed by atoms with Crippen LogP contribution in [0.15, 0.2) is 5.38 Å². The highest BCUT2D eigenvalue weighted by molar-refractivity contribution is 7.09. The monoisotopic (exact) mass is 266 g/mol. The van der Waals surface area contributed by atoms with Crippen LogP contribution >= 0.6 is 11.3 Å². The van der Waals surface area contributed by atoms with Gasteiger partial charge in [-0.1, -0.05) is 6.92 Å². The molecule has 2 aromatic heterocycles. The molecule has 0 atom stereocenters. The van der Waals surface area contributed by atoms with Gasteiger partial charge < -0.3 is 0 Å². The van der Waals surface area contributed by atoms with Crippen LogP contribution in [0.3, 0.4) is 0 Å². The first kappa shape index (κ1) is 13.1. The largest absolute Gasteiger partial charge is 0.293 e. The van der Waals surface area contributed by atoms with Gasteiger partial charge in [0.05, 0.1) is 17.2 Å². The van der Waals surface area contributed by atoms with E-state index in [1.165, 1.54) is 0 Å². The number of thiazole rings is 1. The smallest absolute Gasteiger partial charge is 0.165 e. The molecule has 0 spiro atoms. The van der Waals surface area contributed by atoms with Crippen LogP contribution in [0.1, 0.15) is 29.9 Å². The van der Waals surface area contributed by atoms with Crippen molar-refractivity contribution in [2.45, 2.75) is 39.9 Å². The minimum absolute atomic E-state index is 0.740. The van der Waals surface area contributed by atoms with Crippen molar-refractivity contribution in [2.75, 3.05) is 7.05 Å². The Morgan fingerprint density at radius 3 is 2.89 bits per heavy atom. The van der Waals surface area contributed by atoms with Crippen molar-refractivity contribution in [1.82, 2.24) is 30.1 Å². The van der Waals surface area contributed by atoms with E-state index in [4.69, 9.17) is 0 Å². The van der Waals surface area contributed by atoms with Gasteiger partial charge in [0.25, 0.3) is 0 Å². The summed E-state index contributed by atoms with van der Waals surface area (Å²) in [4.78, 5) is 6.63. The van der Waals surface area contributed by atoms with Gasteiger partial charge in [-0.3, -0.25) is 4.90 Å². The average molecular weight is 266 g/mol. The zero-order chi connectivity index (χ0) is 13.0. The lowest BCUT2D eigenvalue weighted by Crippen LogP contribution is -2.20. The Hall–Kier alpha value is -1.34. The van der Waals surface area contributed by atoms with Crippen LogP contribution < -0.4 is 0 Å². The summed E-state index contributed by atoms with van der Waals surface area (Å²) in [6, 6.07) is 0. The quantitative estimate of drug-likeness (QED) is 0.792. The van der Waals surface area contributed by atoms with E-state index in [-0.39, 0.29) is 0 Å². The lowest BCUT2D eigenvalue weighted by atomic mass is 10.4. The number of aromatic nitrogens is 5. The normalized spacial score (nSPS) is 11.3. The van der Waals surface area contributed by atoms with Gasteiger partial charge in [0.2, 0.25) is 0 Å². The van der Waals surface area contributed by atoms with Crippen LogP contribution in [0.25, 0.3) is 0 Å². The summed E-state index contributed by atoms with van der Waals surface area (Å²) < 4.78 is 1.86. The molecule has 0 saturated heterocycles. The molecule has 0 N–H and O–H groups in total. The highest BCUT2D eigenvalue weighted by atomic mass is 32.1. The molecule has 0 radical (unpaired) electrons. The fourth-order valence-corrected chi connectivity index (χ4v) is 2.38. The van der Waals surface area contributed by atoms with Gasteiger partial charge in [-0.15, -0.1) is 16.4 Å². The van der Waals surface area contributed by atoms with E-state index >= 15 is 0 Å². The molecule has 0 bridgehead atoms. The number of hydrogen-bond acceptors (Lipinski definition) is 6. The third-order valence-electron chi connectivity index (χ3n) is 2.55. The third-order valence-corrected chi connectivity index (χ3v) is 3.37. The lowest BCUT2D eigenvalue weighted by molar-refractivity contribution is 0.299. The second-order valence-electron chi connectivity index (χ2n) is 4.35. The molecule has 2 rings (SSSR count). The molecule has 0 aliphatic heterocycles. The standard InChI is InChI=1S/C11H18N6S/c1-4-5-17-11(13-14-15-17)7-16(3)6-10-8-18-9(2)12-10/h8H,4-7H2,1-3H3. The minimum atomic E-state index is 0.740. The van der Waals surface area contributed by atoms with Crippen LogP contribution in [0.4, 0.5) is 0 Å². The number of hydrogen-bond donors (Lipinski definition) is 0. The molecular weight excluding hydrogens is 248 g/mol. The van der Waals surface area contributed by atoms with Crippen LogP contribution in [0.5, 0.6) is 0 Å².